The van der Waals surface area contributed by atoms with Gasteiger partial charge in [-0.2, -0.15) is 0 Å². The maximum atomic E-state index is 14.5. The third-order valence-electron chi connectivity index (χ3n) is 4.53. The molecule has 0 saturated carbocycles. The second-order valence-corrected chi connectivity index (χ2v) is 6.06. The third-order valence-corrected chi connectivity index (χ3v) is 4.53. The fourth-order valence-corrected chi connectivity index (χ4v) is 3.16. The molecule has 6 nitrogen and oxygen atoms in total. The van der Waals surface area contributed by atoms with Gasteiger partial charge in [-0.05, 0) is 43.4 Å². The monoisotopic (exact) mass is 333 g/mol. The van der Waals surface area contributed by atoms with E-state index < -0.39 is 17.1 Å². The lowest BCUT2D eigenvalue weighted by molar-refractivity contribution is 0.240. The van der Waals surface area contributed by atoms with E-state index in [2.05, 4.69) is 9.88 Å². The minimum absolute atomic E-state index is 0.107. The van der Waals surface area contributed by atoms with Crippen LogP contribution in [0.5, 0.6) is 0 Å². The molecule has 0 radical (unpaired) electrons. The number of halogens is 1. The fraction of sp³-hybridized carbons (Fsp3) is 0.412. The van der Waals surface area contributed by atoms with E-state index in [1.807, 2.05) is 0 Å². The lowest BCUT2D eigenvalue weighted by Gasteiger charge is -2.33. The van der Waals surface area contributed by atoms with Crippen LogP contribution in [0.25, 0.3) is 5.69 Å². The molecular formula is C17H20FN3O3. The number of aliphatic hydroxyl groups excluding tert-OH is 1. The van der Waals surface area contributed by atoms with Gasteiger partial charge in [0.25, 0.3) is 5.56 Å². The van der Waals surface area contributed by atoms with Gasteiger partial charge in [-0.1, -0.05) is 0 Å². The molecule has 0 atom stereocenters. The van der Waals surface area contributed by atoms with E-state index >= 15 is 0 Å². The highest BCUT2D eigenvalue weighted by molar-refractivity contribution is 5.52. The molecule has 0 unspecified atom stereocenters. The summed E-state index contributed by atoms with van der Waals surface area (Å²) in [4.78, 5) is 27.1. The van der Waals surface area contributed by atoms with Crippen molar-refractivity contribution in [2.45, 2.75) is 19.3 Å². The Morgan fingerprint density at radius 1 is 1.21 bits per heavy atom. The topological polar surface area (TPSA) is 78.3 Å². The van der Waals surface area contributed by atoms with Crippen LogP contribution in [-0.4, -0.2) is 34.4 Å². The quantitative estimate of drug-likeness (QED) is 0.883. The van der Waals surface area contributed by atoms with Crippen molar-refractivity contribution in [3.8, 4) is 5.69 Å². The van der Waals surface area contributed by atoms with Crippen LogP contribution in [0.2, 0.25) is 0 Å². The predicted molar refractivity (Wildman–Crippen MR) is 89.3 cm³/mol. The van der Waals surface area contributed by atoms with Gasteiger partial charge in [0.2, 0.25) is 0 Å². The predicted octanol–water partition coefficient (Wildman–Crippen LogP) is 1.26. The summed E-state index contributed by atoms with van der Waals surface area (Å²) in [5.74, 6) is 0.00854. The first-order valence-corrected chi connectivity index (χ1v) is 8.06. The molecule has 0 amide bonds. The molecule has 0 bridgehead atoms. The second-order valence-electron chi connectivity index (χ2n) is 6.06. The zero-order chi connectivity index (χ0) is 17.1. The first-order valence-electron chi connectivity index (χ1n) is 8.06. The van der Waals surface area contributed by atoms with Gasteiger partial charge in [-0.25, -0.2) is 9.18 Å². The van der Waals surface area contributed by atoms with Gasteiger partial charge in [-0.15, -0.1) is 0 Å². The van der Waals surface area contributed by atoms with Crippen LogP contribution in [-0.2, 0) is 0 Å². The van der Waals surface area contributed by atoms with Crippen molar-refractivity contribution >= 4 is 5.69 Å². The molecule has 2 heterocycles. The summed E-state index contributed by atoms with van der Waals surface area (Å²) >= 11 is 0. The maximum absolute atomic E-state index is 14.5. The summed E-state index contributed by atoms with van der Waals surface area (Å²) in [6.45, 7) is 1.85. The van der Waals surface area contributed by atoms with Crippen LogP contribution in [0, 0.1) is 11.7 Å². The number of hydrogen-bond donors (Lipinski definition) is 2. The Kier molecular flexibility index (Phi) is 4.80. The normalized spacial score (nSPS) is 15.7. The molecule has 128 valence electrons. The van der Waals surface area contributed by atoms with Crippen LogP contribution in [0.15, 0.2) is 40.1 Å². The van der Waals surface area contributed by atoms with Crippen LogP contribution in [0.3, 0.4) is 0 Å². The highest BCUT2D eigenvalue weighted by Crippen LogP contribution is 2.27. The molecule has 1 aromatic carbocycles. The minimum Gasteiger partial charge on any atom is -0.396 e. The van der Waals surface area contributed by atoms with E-state index in [1.54, 1.807) is 12.1 Å². The molecule has 7 heteroatoms. The number of rotatable bonds is 4. The number of aromatic nitrogens is 2. The zero-order valence-electron chi connectivity index (χ0n) is 13.2. The summed E-state index contributed by atoms with van der Waals surface area (Å²) in [5, 5.41) is 9.00. The van der Waals surface area contributed by atoms with Crippen molar-refractivity contribution < 1.29 is 9.50 Å². The lowest BCUT2D eigenvalue weighted by atomic mass is 9.93. The number of hydrogen-bond acceptors (Lipinski definition) is 4. The Hall–Kier alpha value is -2.41. The van der Waals surface area contributed by atoms with Gasteiger partial charge in [-0.3, -0.25) is 14.3 Å². The Balaban J connectivity index is 1.80. The Morgan fingerprint density at radius 2 is 1.96 bits per heavy atom. The maximum Gasteiger partial charge on any atom is 0.333 e. The summed E-state index contributed by atoms with van der Waals surface area (Å²) < 4.78 is 15.5. The van der Waals surface area contributed by atoms with Crippen LogP contribution in [0.1, 0.15) is 19.3 Å². The van der Waals surface area contributed by atoms with E-state index in [1.165, 1.54) is 18.3 Å². The van der Waals surface area contributed by atoms with Crippen molar-refractivity contribution in [1.29, 1.82) is 0 Å². The molecule has 2 N–H and O–H groups in total. The molecular weight excluding hydrogens is 313 g/mol. The molecule has 1 aromatic heterocycles. The van der Waals surface area contributed by atoms with Crippen molar-refractivity contribution in [2.75, 3.05) is 24.6 Å². The van der Waals surface area contributed by atoms with Gasteiger partial charge < -0.3 is 10.0 Å². The first kappa shape index (κ1) is 16.4. The van der Waals surface area contributed by atoms with Crippen LogP contribution < -0.4 is 16.1 Å². The third kappa shape index (κ3) is 3.41. The average molecular weight is 333 g/mol. The number of anilines is 1. The number of aromatic amines is 1. The molecule has 1 fully saturated rings. The standard InChI is InChI=1S/C17H20FN3O3/c18-14-11-13(20-7-3-12(4-8-20)6-10-22)1-2-15(14)21-9-5-16(23)19-17(21)24/h1-2,5,9,11-12,22H,3-4,6-8,10H2,(H,19,23,24). The number of H-pyrrole nitrogens is 1. The fourth-order valence-electron chi connectivity index (χ4n) is 3.16. The minimum atomic E-state index is -0.668. The molecule has 2 aromatic rings. The highest BCUT2D eigenvalue weighted by atomic mass is 19.1. The number of nitrogens with one attached hydrogen (secondary N) is 1. The number of aliphatic hydroxyl groups is 1. The molecule has 3 rings (SSSR count). The SMILES string of the molecule is O=c1ccn(-c2ccc(N3CCC(CCO)CC3)cc2F)c(=O)[nH]1. The van der Waals surface area contributed by atoms with E-state index in [9.17, 15) is 14.0 Å². The van der Waals surface area contributed by atoms with E-state index in [0.29, 0.717) is 5.92 Å². The Bertz CT molecular complexity index is 822. The molecule has 0 aliphatic carbocycles. The first-order chi connectivity index (χ1) is 11.6. The van der Waals surface area contributed by atoms with Gasteiger partial charge in [0.15, 0.2) is 0 Å². The van der Waals surface area contributed by atoms with Crippen molar-refractivity contribution in [2.24, 2.45) is 5.92 Å². The average Bonchev–Trinajstić information content (AvgIpc) is 2.56. The number of nitrogens with zero attached hydrogens (tertiary/aromatic N) is 2. The van der Waals surface area contributed by atoms with Crippen LogP contribution >= 0.6 is 0 Å². The second kappa shape index (κ2) is 7.00. The van der Waals surface area contributed by atoms with Crippen molar-refractivity contribution in [1.82, 2.24) is 9.55 Å². The molecule has 24 heavy (non-hydrogen) atoms. The smallest absolute Gasteiger partial charge is 0.333 e. The van der Waals surface area contributed by atoms with Gasteiger partial charge in [0.1, 0.15) is 5.82 Å². The molecule has 1 aliphatic rings. The highest BCUT2D eigenvalue weighted by Gasteiger charge is 2.20. The summed E-state index contributed by atoms with van der Waals surface area (Å²) in [6, 6.07) is 5.92. The van der Waals surface area contributed by atoms with E-state index in [0.717, 1.165) is 42.6 Å². The van der Waals surface area contributed by atoms with E-state index in [-0.39, 0.29) is 12.3 Å². The number of piperidine rings is 1. The van der Waals surface area contributed by atoms with Gasteiger partial charge in [0, 0.05) is 37.6 Å². The summed E-state index contributed by atoms with van der Waals surface area (Å²) in [7, 11) is 0. The number of benzene rings is 1. The largest absolute Gasteiger partial charge is 0.396 e. The van der Waals surface area contributed by atoms with Crippen LogP contribution in [0.4, 0.5) is 10.1 Å². The Morgan fingerprint density at radius 3 is 2.58 bits per heavy atom. The van der Waals surface area contributed by atoms with Gasteiger partial charge in [0.05, 0.1) is 5.69 Å². The molecule has 1 aliphatic heterocycles. The molecule has 0 spiro atoms. The lowest BCUT2D eigenvalue weighted by Crippen LogP contribution is -2.34. The summed E-state index contributed by atoms with van der Waals surface area (Å²) in [6.07, 6.45) is 4.03. The zero-order valence-corrected chi connectivity index (χ0v) is 13.2. The molecule has 1 saturated heterocycles. The van der Waals surface area contributed by atoms with Crippen molar-refractivity contribution in [3.05, 3.63) is 57.1 Å². The Labute approximate surface area is 138 Å². The van der Waals surface area contributed by atoms with E-state index in [4.69, 9.17) is 5.11 Å². The van der Waals surface area contributed by atoms with Crippen molar-refractivity contribution in [3.63, 3.8) is 0 Å². The summed E-state index contributed by atoms with van der Waals surface area (Å²) in [5.41, 5.74) is -0.302. The van der Waals surface area contributed by atoms with Gasteiger partial charge >= 0.3 is 5.69 Å².